The predicted molar refractivity (Wildman–Crippen MR) is 72.3 cm³/mol. The molecule has 4 nitrogen and oxygen atoms in total. The number of hydrogen-bond acceptors (Lipinski definition) is 2. The number of carboxylic acids is 1. The van der Waals surface area contributed by atoms with Crippen molar-refractivity contribution in [2.75, 3.05) is 0 Å². The summed E-state index contributed by atoms with van der Waals surface area (Å²) in [5.74, 6) is -1.20. The first-order valence-corrected chi connectivity index (χ1v) is 6.39. The standard InChI is InChI=1S/C13H12BrNO3/c1-7-12(13(18)9(14)6-11(16)17)8-4-2-3-5-10(8)15-7/h2-5,9,15H,6H2,1H3,(H,16,17). The van der Waals surface area contributed by atoms with Gasteiger partial charge in [-0.1, -0.05) is 34.1 Å². The first kappa shape index (κ1) is 12.8. The number of H-pyrrole nitrogens is 1. The van der Waals surface area contributed by atoms with Crippen molar-refractivity contribution < 1.29 is 14.7 Å². The van der Waals surface area contributed by atoms with Crippen LogP contribution in [0.15, 0.2) is 24.3 Å². The van der Waals surface area contributed by atoms with Crippen molar-refractivity contribution in [1.82, 2.24) is 4.98 Å². The predicted octanol–water partition coefficient (Wildman–Crippen LogP) is 2.90. The molecule has 2 aromatic rings. The molecule has 2 N–H and O–H groups in total. The van der Waals surface area contributed by atoms with E-state index in [0.717, 1.165) is 16.6 Å². The first-order chi connectivity index (χ1) is 8.50. The van der Waals surface area contributed by atoms with Crippen LogP contribution < -0.4 is 0 Å². The molecule has 1 aromatic carbocycles. The maximum atomic E-state index is 12.2. The van der Waals surface area contributed by atoms with Crippen LogP contribution in [0.4, 0.5) is 0 Å². The lowest BCUT2D eigenvalue weighted by molar-refractivity contribution is -0.136. The average molecular weight is 310 g/mol. The Morgan fingerprint density at radius 1 is 1.39 bits per heavy atom. The topological polar surface area (TPSA) is 70.2 Å². The van der Waals surface area contributed by atoms with Gasteiger partial charge in [0.2, 0.25) is 0 Å². The molecule has 0 aliphatic rings. The van der Waals surface area contributed by atoms with Gasteiger partial charge in [-0.25, -0.2) is 0 Å². The number of aryl methyl sites for hydroxylation is 1. The van der Waals surface area contributed by atoms with E-state index in [1.165, 1.54) is 0 Å². The van der Waals surface area contributed by atoms with E-state index in [0.29, 0.717) is 5.56 Å². The Balaban J connectivity index is 2.44. The lowest BCUT2D eigenvalue weighted by atomic mass is 10.0. The Hall–Kier alpha value is -1.62. The van der Waals surface area contributed by atoms with Gasteiger partial charge in [0.25, 0.3) is 0 Å². The summed E-state index contributed by atoms with van der Waals surface area (Å²) in [5, 5.41) is 9.55. The molecule has 0 radical (unpaired) electrons. The van der Waals surface area contributed by atoms with Gasteiger partial charge in [-0.3, -0.25) is 9.59 Å². The summed E-state index contributed by atoms with van der Waals surface area (Å²) in [6.07, 6.45) is -0.224. The minimum atomic E-state index is -0.997. The molecule has 0 spiro atoms. The van der Waals surface area contributed by atoms with Crippen LogP contribution >= 0.6 is 15.9 Å². The number of aromatic amines is 1. The fourth-order valence-corrected chi connectivity index (χ4v) is 2.50. The molecular formula is C13H12BrNO3. The van der Waals surface area contributed by atoms with E-state index in [1.54, 1.807) is 0 Å². The maximum absolute atomic E-state index is 12.2. The second kappa shape index (κ2) is 4.94. The van der Waals surface area contributed by atoms with Crippen LogP contribution in [0.25, 0.3) is 10.9 Å². The van der Waals surface area contributed by atoms with Crippen molar-refractivity contribution in [2.45, 2.75) is 18.2 Å². The number of benzene rings is 1. The zero-order valence-corrected chi connectivity index (χ0v) is 11.3. The molecule has 0 saturated heterocycles. The van der Waals surface area contributed by atoms with Gasteiger partial charge in [-0.05, 0) is 13.0 Å². The molecule has 1 unspecified atom stereocenters. The zero-order valence-electron chi connectivity index (χ0n) is 9.74. The van der Waals surface area contributed by atoms with Crippen LogP contribution in [0.1, 0.15) is 22.5 Å². The fourth-order valence-electron chi connectivity index (χ4n) is 2.00. The molecule has 0 aliphatic heterocycles. The number of alkyl halides is 1. The molecule has 94 valence electrons. The van der Waals surface area contributed by atoms with Crippen LogP contribution in [-0.4, -0.2) is 26.7 Å². The zero-order chi connectivity index (χ0) is 13.3. The minimum Gasteiger partial charge on any atom is -0.481 e. The molecule has 0 saturated carbocycles. The number of aromatic nitrogens is 1. The average Bonchev–Trinajstić information content (AvgIpc) is 2.63. The van der Waals surface area contributed by atoms with E-state index in [2.05, 4.69) is 20.9 Å². The SMILES string of the molecule is Cc1[nH]c2ccccc2c1C(=O)C(Br)CC(=O)O. The molecule has 0 amide bonds. The lowest BCUT2D eigenvalue weighted by Gasteiger charge is -2.06. The molecule has 1 aromatic heterocycles. The van der Waals surface area contributed by atoms with E-state index in [-0.39, 0.29) is 12.2 Å². The monoisotopic (exact) mass is 309 g/mol. The number of nitrogens with one attached hydrogen (secondary N) is 1. The number of carbonyl (C=O) groups excluding carboxylic acids is 1. The number of carbonyl (C=O) groups is 2. The van der Waals surface area contributed by atoms with Crippen molar-refractivity contribution in [3.63, 3.8) is 0 Å². The lowest BCUT2D eigenvalue weighted by Crippen LogP contribution is -2.18. The molecule has 0 aliphatic carbocycles. The highest BCUT2D eigenvalue weighted by Gasteiger charge is 2.24. The number of fused-ring (bicyclic) bond motifs is 1. The number of aliphatic carboxylic acids is 1. The summed E-state index contributed by atoms with van der Waals surface area (Å²) in [6, 6.07) is 7.48. The number of Topliss-reactive ketones (excluding diaryl/α,β-unsaturated/α-hetero) is 1. The largest absolute Gasteiger partial charge is 0.481 e. The summed E-state index contributed by atoms with van der Waals surface area (Å²) in [5.41, 5.74) is 2.21. The van der Waals surface area contributed by atoms with Crippen LogP contribution in [0.2, 0.25) is 0 Å². The van der Waals surface area contributed by atoms with Gasteiger partial charge in [-0.15, -0.1) is 0 Å². The van der Waals surface area contributed by atoms with Crippen LogP contribution in [0, 0.1) is 6.92 Å². The number of hydrogen-bond donors (Lipinski definition) is 2. The molecule has 2 rings (SSSR count). The van der Waals surface area contributed by atoms with Gasteiger partial charge < -0.3 is 10.1 Å². The normalized spacial score (nSPS) is 12.6. The van der Waals surface area contributed by atoms with Crippen molar-refractivity contribution in [3.05, 3.63) is 35.5 Å². The molecule has 0 bridgehead atoms. The molecular weight excluding hydrogens is 298 g/mol. The van der Waals surface area contributed by atoms with Crippen LogP contribution in [0.5, 0.6) is 0 Å². The molecule has 0 fully saturated rings. The van der Waals surface area contributed by atoms with Crippen molar-refractivity contribution in [2.24, 2.45) is 0 Å². The third-order valence-electron chi connectivity index (χ3n) is 2.78. The molecule has 1 heterocycles. The highest BCUT2D eigenvalue weighted by Crippen LogP contribution is 2.25. The Morgan fingerprint density at radius 2 is 2.06 bits per heavy atom. The highest BCUT2D eigenvalue weighted by molar-refractivity contribution is 9.10. The summed E-state index contributed by atoms with van der Waals surface area (Å²) in [4.78, 5) is 25.3. The van der Waals surface area contributed by atoms with Gasteiger partial charge in [0.15, 0.2) is 5.78 Å². The summed E-state index contributed by atoms with van der Waals surface area (Å²) in [6.45, 7) is 1.81. The smallest absolute Gasteiger partial charge is 0.304 e. The Bertz CT molecular complexity index is 618. The molecule has 5 heteroatoms. The number of para-hydroxylation sites is 1. The van der Waals surface area contributed by atoms with E-state index >= 15 is 0 Å². The Labute approximate surface area is 112 Å². The maximum Gasteiger partial charge on any atom is 0.304 e. The van der Waals surface area contributed by atoms with Crippen LogP contribution in [0.3, 0.4) is 0 Å². The number of carboxylic acid groups (broad SMARTS) is 1. The second-order valence-corrected chi connectivity index (χ2v) is 5.21. The van der Waals surface area contributed by atoms with E-state index in [4.69, 9.17) is 5.11 Å². The van der Waals surface area contributed by atoms with Gasteiger partial charge >= 0.3 is 5.97 Å². The molecule has 1 atom stereocenters. The van der Waals surface area contributed by atoms with Gasteiger partial charge in [0.05, 0.1) is 11.2 Å². The second-order valence-electron chi connectivity index (χ2n) is 4.10. The van der Waals surface area contributed by atoms with Crippen molar-refractivity contribution >= 4 is 38.6 Å². The van der Waals surface area contributed by atoms with E-state index < -0.39 is 10.8 Å². The van der Waals surface area contributed by atoms with Gasteiger partial charge in [0, 0.05) is 22.2 Å². The fraction of sp³-hybridized carbons (Fsp3) is 0.231. The van der Waals surface area contributed by atoms with Crippen molar-refractivity contribution in [1.29, 1.82) is 0 Å². The summed E-state index contributed by atoms with van der Waals surface area (Å²) in [7, 11) is 0. The number of halogens is 1. The number of ketones is 1. The van der Waals surface area contributed by atoms with Crippen molar-refractivity contribution in [3.8, 4) is 0 Å². The Kier molecular flexibility index (Phi) is 3.52. The summed E-state index contributed by atoms with van der Waals surface area (Å²) < 4.78 is 0. The van der Waals surface area contributed by atoms with Gasteiger partial charge in [-0.2, -0.15) is 0 Å². The number of rotatable bonds is 4. The minimum absolute atomic E-state index is 0.202. The highest BCUT2D eigenvalue weighted by atomic mass is 79.9. The van der Waals surface area contributed by atoms with Gasteiger partial charge in [0.1, 0.15) is 0 Å². The molecule has 18 heavy (non-hydrogen) atoms. The Morgan fingerprint density at radius 3 is 2.72 bits per heavy atom. The summed E-state index contributed by atoms with van der Waals surface area (Å²) >= 11 is 3.14. The van der Waals surface area contributed by atoms with E-state index in [9.17, 15) is 9.59 Å². The quantitative estimate of drug-likeness (QED) is 0.674. The first-order valence-electron chi connectivity index (χ1n) is 5.48. The third-order valence-corrected chi connectivity index (χ3v) is 3.52. The van der Waals surface area contributed by atoms with E-state index in [1.807, 2.05) is 31.2 Å². The third kappa shape index (κ3) is 2.31. The van der Waals surface area contributed by atoms with Crippen LogP contribution in [-0.2, 0) is 4.79 Å².